The Balaban J connectivity index is 1.08. The van der Waals surface area contributed by atoms with Gasteiger partial charge in [-0.1, -0.05) is 173 Å². The summed E-state index contributed by atoms with van der Waals surface area (Å²) in [5.74, 6) is 0. The summed E-state index contributed by atoms with van der Waals surface area (Å²) < 4.78 is 9.31. The van der Waals surface area contributed by atoms with Crippen LogP contribution >= 0.6 is 11.3 Å². The zero-order valence-electron chi connectivity index (χ0n) is 38.8. The molecule has 0 unspecified atom stereocenters. The van der Waals surface area contributed by atoms with Crippen molar-refractivity contribution in [2.45, 2.75) is 56.8 Å². The molecular formula is C63H49BN2OS. The highest BCUT2D eigenvalue weighted by Crippen LogP contribution is 2.59. The van der Waals surface area contributed by atoms with E-state index >= 15 is 0 Å². The van der Waals surface area contributed by atoms with Crippen molar-refractivity contribution in [2.24, 2.45) is 0 Å². The van der Waals surface area contributed by atoms with Gasteiger partial charge in [0.1, 0.15) is 11.2 Å². The van der Waals surface area contributed by atoms with Crippen molar-refractivity contribution >= 4 is 100 Å². The molecule has 11 aromatic rings. The minimum atomic E-state index is -0.538. The summed E-state index contributed by atoms with van der Waals surface area (Å²) in [4.78, 5) is 2.63. The van der Waals surface area contributed by atoms with Crippen molar-refractivity contribution in [3.05, 3.63) is 221 Å². The monoisotopic (exact) mass is 892 g/mol. The molecule has 3 nitrogen and oxygen atoms in total. The number of hydrogen-bond acceptors (Lipinski definition) is 4. The predicted octanol–water partition coefficient (Wildman–Crippen LogP) is 15.6. The number of fused-ring (bicyclic) bond motifs is 11. The number of furan rings is 1. The fraction of sp³-hybridized carbons (Fsp3) is 0.143. The van der Waals surface area contributed by atoms with Crippen LogP contribution in [0, 0.1) is 0 Å². The first-order valence-corrected chi connectivity index (χ1v) is 25.0. The van der Waals surface area contributed by atoms with E-state index in [0.717, 1.165) is 47.0 Å². The summed E-state index contributed by atoms with van der Waals surface area (Å²) in [7, 11) is 0.780. The van der Waals surface area contributed by atoms with E-state index in [1.54, 1.807) is 0 Å². The van der Waals surface area contributed by atoms with E-state index in [1.165, 1.54) is 99.1 Å². The molecule has 0 bridgehead atoms. The first-order chi connectivity index (χ1) is 33.2. The molecular weight excluding hydrogens is 844 g/mol. The molecule has 4 heterocycles. The maximum atomic E-state index is 6.71. The van der Waals surface area contributed by atoms with Crippen LogP contribution in [0.5, 0.6) is 0 Å². The fourth-order valence-corrected chi connectivity index (χ4v) is 13.9. The highest BCUT2D eigenvalue weighted by molar-refractivity contribution is 7.26. The molecule has 0 amide bonds. The standard InChI is InChI=1S/C63H49BN2OS/c1-61(2)34-35-62(3,4)48-36-40(30-32-45(48)61)65-58-43(31-33-53-55(58)42-23-11-15-28-52(42)67-53)56-57-51(37-44-41-22-12-16-29-54(41)68-60(44)56)66-50-27-14-13-24-46(50)63(38-18-7-5-8-19-38,39-20-9-6-10-21-39)47-25-17-26-49(64-57)59(47)66/h5-33,36-37,64-65H,34-35H2,1-4H3. The molecule has 5 heteroatoms. The van der Waals surface area contributed by atoms with Crippen LogP contribution in [0.3, 0.4) is 0 Å². The molecule has 0 atom stereocenters. The highest BCUT2D eigenvalue weighted by Gasteiger charge is 2.49. The smallest absolute Gasteiger partial charge is 0.198 e. The minimum Gasteiger partial charge on any atom is -0.456 e. The molecule has 326 valence electrons. The number of para-hydroxylation sites is 3. The van der Waals surface area contributed by atoms with Gasteiger partial charge in [-0.25, -0.2) is 0 Å². The molecule has 2 aromatic heterocycles. The quantitative estimate of drug-likeness (QED) is 0.175. The second kappa shape index (κ2) is 14.3. The van der Waals surface area contributed by atoms with Crippen molar-refractivity contribution in [1.29, 1.82) is 0 Å². The van der Waals surface area contributed by atoms with Gasteiger partial charge in [0.05, 0.1) is 22.2 Å². The lowest BCUT2D eigenvalue weighted by Gasteiger charge is -2.49. The van der Waals surface area contributed by atoms with Crippen LogP contribution in [-0.4, -0.2) is 7.28 Å². The van der Waals surface area contributed by atoms with Crippen LogP contribution in [0.1, 0.15) is 73.9 Å². The lowest BCUT2D eigenvalue weighted by atomic mass is 9.54. The van der Waals surface area contributed by atoms with Crippen LogP contribution in [0.2, 0.25) is 0 Å². The van der Waals surface area contributed by atoms with Crippen molar-refractivity contribution in [3.63, 3.8) is 0 Å². The van der Waals surface area contributed by atoms with Crippen LogP contribution < -0.4 is 21.1 Å². The molecule has 1 N–H and O–H groups in total. The largest absolute Gasteiger partial charge is 0.456 e. The molecule has 0 saturated carbocycles. The zero-order valence-corrected chi connectivity index (χ0v) is 39.6. The Morgan fingerprint density at radius 3 is 2.01 bits per heavy atom. The molecule has 3 aliphatic rings. The first kappa shape index (κ1) is 39.8. The topological polar surface area (TPSA) is 28.4 Å². The second-order valence-corrected chi connectivity index (χ2v) is 21.7. The van der Waals surface area contributed by atoms with Gasteiger partial charge in [0.2, 0.25) is 0 Å². The summed E-state index contributed by atoms with van der Waals surface area (Å²) >= 11 is 1.92. The van der Waals surface area contributed by atoms with Crippen LogP contribution in [0.15, 0.2) is 192 Å². The molecule has 0 radical (unpaired) electrons. The Morgan fingerprint density at radius 2 is 1.22 bits per heavy atom. The molecule has 0 saturated heterocycles. The Hall–Kier alpha value is -7.34. The van der Waals surface area contributed by atoms with Crippen molar-refractivity contribution in [1.82, 2.24) is 0 Å². The van der Waals surface area contributed by atoms with Gasteiger partial charge in [0.15, 0.2) is 7.28 Å². The third-order valence-electron chi connectivity index (χ3n) is 16.0. The summed E-state index contributed by atoms with van der Waals surface area (Å²) in [5.41, 5.74) is 20.5. The van der Waals surface area contributed by atoms with Gasteiger partial charge >= 0.3 is 0 Å². The van der Waals surface area contributed by atoms with E-state index in [4.69, 9.17) is 4.42 Å². The maximum Gasteiger partial charge on any atom is 0.198 e. The Labute approximate surface area is 401 Å². The lowest BCUT2D eigenvalue weighted by Crippen LogP contribution is -2.47. The van der Waals surface area contributed by atoms with Gasteiger partial charge in [-0.15, -0.1) is 11.3 Å². The number of nitrogens with one attached hydrogen (secondary N) is 1. The maximum absolute atomic E-state index is 6.71. The van der Waals surface area contributed by atoms with Gasteiger partial charge < -0.3 is 14.6 Å². The van der Waals surface area contributed by atoms with Crippen LogP contribution in [0.4, 0.5) is 28.4 Å². The van der Waals surface area contributed by atoms with Gasteiger partial charge in [0.25, 0.3) is 0 Å². The molecule has 0 spiro atoms. The van der Waals surface area contributed by atoms with E-state index < -0.39 is 5.41 Å². The normalized spacial score (nSPS) is 16.0. The van der Waals surface area contributed by atoms with Gasteiger partial charge in [-0.05, 0) is 117 Å². The summed E-state index contributed by atoms with van der Waals surface area (Å²) in [6.07, 6.45) is 2.34. The lowest BCUT2D eigenvalue weighted by molar-refractivity contribution is 0.332. The average molecular weight is 893 g/mol. The Bertz CT molecular complexity index is 3840. The van der Waals surface area contributed by atoms with Crippen molar-refractivity contribution in [2.75, 3.05) is 10.2 Å². The molecule has 68 heavy (non-hydrogen) atoms. The Kier molecular flexibility index (Phi) is 8.39. The van der Waals surface area contributed by atoms with Gasteiger partial charge in [-0.3, -0.25) is 0 Å². The van der Waals surface area contributed by atoms with E-state index in [1.807, 2.05) is 11.3 Å². The highest BCUT2D eigenvalue weighted by atomic mass is 32.1. The number of nitrogens with zero attached hydrogens (tertiary/aromatic N) is 1. The van der Waals surface area contributed by atoms with E-state index in [-0.39, 0.29) is 10.8 Å². The molecule has 14 rings (SSSR count). The first-order valence-electron chi connectivity index (χ1n) is 24.2. The number of rotatable bonds is 5. The number of thiophene rings is 1. The van der Waals surface area contributed by atoms with Crippen LogP contribution in [0.25, 0.3) is 53.2 Å². The van der Waals surface area contributed by atoms with Gasteiger partial charge in [-0.2, -0.15) is 0 Å². The van der Waals surface area contributed by atoms with Crippen molar-refractivity contribution in [3.8, 4) is 11.1 Å². The molecule has 1 aliphatic carbocycles. The van der Waals surface area contributed by atoms with Gasteiger partial charge in [0, 0.05) is 48.2 Å². The van der Waals surface area contributed by atoms with Crippen LogP contribution in [-0.2, 0) is 16.2 Å². The number of hydrogen-bond donors (Lipinski definition) is 1. The SMILES string of the molecule is CC1(C)CCC(C)(C)c2cc(Nc3c(-c4c5c(cc6c4sc4ccccc46)N4c6ccccc6C(c6ccccc6)(c6ccccc6)c6cccc(c64)B5)ccc4oc5ccccc5c34)ccc21. The Morgan fingerprint density at radius 1 is 0.544 bits per heavy atom. The third kappa shape index (κ3) is 5.48. The number of anilines is 5. The molecule has 0 fully saturated rings. The van der Waals surface area contributed by atoms with Crippen molar-refractivity contribution < 1.29 is 4.42 Å². The average Bonchev–Trinajstić information content (AvgIpc) is 3.94. The summed E-state index contributed by atoms with van der Waals surface area (Å²) in [6.45, 7) is 9.65. The summed E-state index contributed by atoms with van der Waals surface area (Å²) in [6, 6.07) is 70.4. The predicted molar refractivity (Wildman–Crippen MR) is 290 cm³/mol. The second-order valence-electron chi connectivity index (χ2n) is 20.7. The minimum absolute atomic E-state index is 0.0665. The van der Waals surface area contributed by atoms with E-state index in [0.29, 0.717) is 0 Å². The fourth-order valence-electron chi connectivity index (χ4n) is 12.7. The van der Waals surface area contributed by atoms with E-state index in [2.05, 4.69) is 226 Å². The zero-order chi connectivity index (χ0) is 45.5. The summed E-state index contributed by atoms with van der Waals surface area (Å²) in [5, 5.41) is 8.96. The van der Waals surface area contributed by atoms with E-state index in [9.17, 15) is 0 Å². The molecule has 2 aliphatic heterocycles. The number of benzene rings is 9. The molecule has 9 aromatic carbocycles. The third-order valence-corrected chi connectivity index (χ3v) is 17.2.